The van der Waals surface area contributed by atoms with Crippen LogP contribution in [0.2, 0.25) is 0 Å². The van der Waals surface area contributed by atoms with Crippen molar-refractivity contribution < 1.29 is 27.8 Å². The van der Waals surface area contributed by atoms with Crippen LogP contribution < -0.4 is 0 Å². The summed E-state index contributed by atoms with van der Waals surface area (Å²) in [6, 6.07) is 4.11. The van der Waals surface area contributed by atoms with E-state index in [-0.39, 0.29) is 16.2 Å². The number of carboxylic acids is 1. The molecule has 21 heavy (non-hydrogen) atoms. The average Bonchev–Trinajstić information content (AvgIpc) is 2.42. The van der Waals surface area contributed by atoms with Crippen LogP contribution in [0.25, 0.3) is 0 Å². The Kier molecular flexibility index (Phi) is 6.80. The first kappa shape index (κ1) is 17.6. The fourth-order valence-corrected chi connectivity index (χ4v) is 3.36. The molecule has 0 aliphatic rings. The number of ether oxygens (including phenoxy) is 2. The van der Waals surface area contributed by atoms with Crippen LogP contribution in [0.4, 0.5) is 0 Å². The second-order valence-electron chi connectivity index (χ2n) is 4.56. The van der Waals surface area contributed by atoms with E-state index in [1.165, 1.54) is 18.2 Å². The van der Waals surface area contributed by atoms with E-state index in [2.05, 4.69) is 0 Å². The Morgan fingerprint density at radius 1 is 1.24 bits per heavy atom. The van der Waals surface area contributed by atoms with E-state index in [0.717, 1.165) is 0 Å². The van der Waals surface area contributed by atoms with Gasteiger partial charge in [-0.15, -0.1) is 0 Å². The fraction of sp³-hybridized carbons (Fsp3) is 0.500. The lowest BCUT2D eigenvalue weighted by Crippen LogP contribution is -2.13. The molecular formula is C14H20O6S. The first-order valence-electron chi connectivity index (χ1n) is 6.52. The molecule has 0 aliphatic heterocycles. The van der Waals surface area contributed by atoms with Crippen molar-refractivity contribution in [3.63, 3.8) is 0 Å². The first-order valence-corrected chi connectivity index (χ1v) is 8.17. The van der Waals surface area contributed by atoms with Crippen LogP contribution in [0.1, 0.15) is 22.3 Å². The van der Waals surface area contributed by atoms with Crippen molar-refractivity contribution in [3.05, 3.63) is 29.3 Å². The zero-order valence-electron chi connectivity index (χ0n) is 12.2. The second-order valence-corrected chi connectivity index (χ2v) is 6.64. The molecule has 0 amide bonds. The van der Waals surface area contributed by atoms with E-state index in [1.807, 2.05) is 0 Å². The lowest BCUT2D eigenvalue weighted by atomic mass is 10.1. The molecule has 0 bridgehead atoms. The van der Waals surface area contributed by atoms with E-state index in [1.54, 1.807) is 14.0 Å². The van der Waals surface area contributed by atoms with E-state index < -0.39 is 15.8 Å². The van der Waals surface area contributed by atoms with Gasteiger partial charge in [0, 0.05) is 13.7 Å². The summed E-state index contributed by atoms with van der Waals surface area (Å²) in [6.07, 6.45) is 0.350. The summed E-state index contributed by atoms with van der Waals surface area (Å²) in [5.74, 6) is -1.22. The lowest BCUT2D eigenvalue weighted by Gasteiger charge is -2.09. The predicted molar refractivity (Wildman–Crippen MR) is 77.5 cm³/mol. The third-order valence-electron chi connectivity index (χ3n) is 2.90. The number of aromatic carboxylic acids is 1. The number of aryl methyl sites for hydroxylation is 1. The summed E-state index contributed by atoms with van der Waals surface area (Å²) in [6.45, 7) is 2.85. The van der Waals surface area contributed by atoms with Crippen LogP contribution in [0.3, 0.4) is 0 Å². The summed E-state index contributed by atoms with van der Waals surface area (Å²) in [4.78, 5) is 11.0. The Balaban J connectivity index is 2.70. The molecule has 0 saturated carbocycles. The smallest absolute Gasteiger partial charge is 0.335 e. The molecule has 0 radical (unpaired) electrons. The quantitative estimate of drug-likeness (QED) is 0.695. The number of carbonyl (C=O) groups is 1. The van der Waals surface area contributed by atoms with Gasteiger partial charge in [-0.1, -0.05) is 6.07 Å². The van der Waals surface area contributed by atoms with Crippen LogP contribution in [-0.2, 0) is 19.3 Å². The Hall–Kier alpha value is -1.44. The molecule has 0 aromatic heterocycles. The number of methoxy groups -OCH3 is 1. The van der Waals surface area contributed by atoms with Gasteiger partial charge in [0.25, 0.3) is 0 Å². The van der Waals surface area contributed by atoms with Gasteiger partial charge < -0.3 is 14.6 Å². The summed E-state index contributed by atoms with van der Waals surface area (Å²) >= 11 is 0. The monoisotopic (exact) mass is 316 g/mol. The number of sulfone groups is 1. The van der Waals surface area contributed by atoms with Crippen LogP contribution in [0, 0.1) is 6.92 Å². The molecule has 7 heteroatoms. The molecule has 1 N–H and O–H groups in total. The van der Waals surface area contributed by atoms with E-state index >= 15 is 0 Å². The standard InChI is InChI=1S/C14H20O6S/c1-11-4-5-12(14(15)16)10-13(11)21(17,18)9-3-6-20-8-7-19-2/h4-5,10H,3,6-9H2,1-2H3,(H,15,16). The number of benzene rings is 1. The van der Waals surface area contributed by atoms with Crippen LogP contribution in [0.15, 0.2) is 23.1 Å². The van der Waals surface area contributed by atoms with Gasteiger partial charge >= 0.3 is 5.97 Å². The molecule has 0 unspecified atom stereocenters. The van der Waals surface area contributed by atoms with E-state index in [9.17, 15) is 13.2 Å². The number of rotatable bonds is 9. The molecule has 1 aromatic carbocycles. The van der Waals surface area contributed by atoms with E-state index in [4.69, 9.17) is 14.6 Å². The molecule has 0 spiro atoms. The molecule has 0 atom stereocenters. The largest absolute Gasteiger partial charge is 0.478 e. The van der Waals surface area contributed by atoms with Gasteiger partial charge in [-0.2, -0.15) is 0 Å². The van der Waals surface area contributed by atoms with Crippen molar-refractivity contribution in [1.82, 2.24) is 0 Å². The maximum Gasteiger partial charge on any atom is 0.335 e. The topological polar surface area (TPSA) is 89.9 Å². The molecule has 1 rings (SSSR count). The second kappa shape index (κ2) is 8.11. The zero-order valence-corrected chi connectivity index (χ0v) is 13.0. The average molecular weight is 316 g/mol. The van der Waals surface area contributed by atoms with Crippen molar-refractivity contribution in [2.24, 2.45) is 0 Å². The lowest BCUT2D eigenvalue weighted by molar-refractivity contribution is 0.0696. The van der Waals surface area contributed by atoms with Crippen LogP contribution in [-0.4, -0.2) is 52.2 Å². The van der Waals surface area contributed by atoms with Crippen molar-refractivity contribution in [2.45, 2.75) is 18.2 Å². The number of hydrogen-bond donors (Lipinski definition) is 1. The normalized spacial score (nSPS) is 11.5. The van der Waals surface area contributed by atoms with Gasteiger partial charge in [0.1, 0.15) is 0 Å². The molecule has 1 aromatic rings. The summed E-state index contributed by atoms with van der Waals surface area (Å²) in [5, 5.41) is 8.94. The minimum atomic E-state index is -3.51. The highest BCUT2D eigenvalue weighted by Gasteiger charge is 2.18. The molecule has 118 valence electrons. The SMILES string of the molecule is COCCOCCCS(=O)(=O)c1cc(C(=O)O)ccc1C. The third-order valence-corrected chi connectivity index (χ3v) is 4.84. The molecule has 0 fully saturated rings. The summed E-state index contributed by atoms with van der Waals surface area (Å²) < 4.78 is 34.5. The van der Waals surface area contributed by atoms with Crippen molar-refractivity contribution >= 4 is 15.8 Å². The Morgan fingerprint density at radius 2 is 1.95 bits per heavy atom. The summed E-state index contributed by atoms with van der Waals surface area (Å²) in [7, 11) is -1.95. The van der Waals surface area contributed by atoms with Crippen molar-refractivity contribution in [3.8, 4) is 0 Å². The minimum absolute atomic E-state index is 0.0319. The highest BCUT2D eigenvalue weighted by Crippen LogP contribution is 2.19. The summed E-state index contributed by atoms with van der Waals surface area (Å²) in [5.41, 5.74) is 0.510. The third kappa shape index (κ3) is 5.45. The fourth-order valence-electron chi connectivity index (χ4n) is 1.77. The Bertz CT molecular complexity index is 579. The highest BCUT2D eigenvalue weighted by molar-refractivity contribution is 7.91. The molecule has 6 nitrogen and oxygen atoms in total. The first-order chi connectivity index (χ1) is 9.88. The van der Waals surface area contributed by atoms with Gasteiger partial charge in [0.2, 0.25) is 0 Å². The van der Waals surface area contributed by atoms with Gasteiger partial charge in [-0.25, -0.2) is 13.2 Å². The maximum absolute atomic E-state index is 12.2. The maximum atomic E-state index is 12.2. The molecule has 0 saturated heterocycles. The van der Waals surface area contributed by atoms with Crippen LogP contribution in [0.5, 0.6) is 0 Å². The number of hydrogen-bond acceptors (Lipinski definition) is 5. The zero-order chi connectivity index (χ0) is 15.9. The predicted octanol–water partition coefficient (Wildman–Crippen LogP) is 1.52. The highest BCUT2D eigenvalue weighted by atomic mass is 32.2. The minimum Gasteiger partial charge on any atom is -0.478 e. The van der Waals surface area contributed by atoms with Gasteiger partial charge in [0.05, 0.1) is 29.4 Å². The van der Waals surface area contributed by atoms with Gasteiger partial charge in [-0.05, 0) is 31.0 Å². The Labute approximate surface area is 124 Å². The van der Waals surface area contributed by atoms with Gasteiger partial charge in [-0.3, -0.25) is 0 Å². The van der Waals surface area contributed by atoms with Gasteiger partial charge in [0.15, 0.2) is 9.84 Å². The van der Waals surface area contributed by atoms with E-state index in [0.29, 0.717) is 31.8 Å². The number of carboxylic acid groups (broad SMARTS) is 1. The van der Waals surface area contributed by atoms with Crippen LogP contribution >= 0.6 is 0 Å². The molecule has 0 heterocycles. The van der Waals surface area contributed by atoms with Crippen molar-refractivity contribution in [1.29, 1.82) is 0 Å². The van der Waals surface area contributed by atoms with Crippen molar-refractivity contribution in [2.75, 3.05) is 32.7 Å². The Morgan fingerprint density at radius 3 is 2.57 bits per heavy atom. The molecule has 0 aliphatic carbocycles. The molecular weight excluding hydrogens is 296 g/mol.